The zero-order valence-corrected chi connectivity index (χ0v) is 30.1. The Bertz CT molecular complexity index is 2140. The molecule has 2 aliphatic heterocycles. The molecule has 13 heteroatoms. The second kappa shape index (κ2) is 12.7. The number of carbonyl (C=O) groups excluding carboxylic acids is 4. The number of carbonyl (C=O) groups is 4. The highest BCUT2D eigenvalue weighted by molar-refractivity contribution is 7.09. The van der Waals surface area contributed by atoms with E-state index in [4.69, 9.17) is 39.5 Å². The molecule has 3 fully saturated rings. The van der Waals surface area contributed by atoms with Crippen LogP contribution >= 0.6 is 46.1 Å². The van der Waals surface area contributed by atoms with Crippen LogP contribution < -0.4 is 10.2 Å². The van der Waals surface area contributed by atoms with Gasteiger partial charge in [-0.15, -0.1) is 11.3 Å². The van der Waals surface area contributed by atoms with Crippen LogP contribution in [-0.4, -0.2) is 45.8 Å². The van der Waals surface area contributed by atoms with Gasteiger partial charge in [0.15, 0.2) is 0 Å². The fourth-order valence-corrected chi connectivity index (χ4v) is 10.0. The maximum Gasteiger partial charge on any atom is 0.260 e. The van der Waals surface area contributed by atoms with Gasteiger partial charge in [-0.3, -0.25) is 29.5 Å². The molecule has 1 aromatic heterocycles. The summed E-state index contributed by atoms with van der Waals surface area (Å²) >= 11 is 20.7. The number of hydrogen-bond donors (Lipinski definition) is 2. The van der Waals surface area contributed by atoms with E-state index >= 15 is 4.79 Å². The number of likely N-dealkylation sites (tertiary alicyclic amines) is 1. The van der Waals surface area contributed by atoms with Crippen molar-refractivity contribution in [2.75, 3.05) is 12.5 Å². The molecule has 4 aliphatic rings. The molecule has 51 heavy (non-hydrogen) atoms. The van der Waals surface area contributed by atoms with E-state index < -0.39 is 46.8 Å². The van der Waals surface area contributed by atoms with E-state index in [9.17, 15) is 19.5 Å². The second-order valence-electron chi connectivity index (χ2n) is 13.3. The van der Waals surface area contributed by atoms with E-state index in [0.717, 1.165) is 9.89 Å². The summed E-state index contributed by atoms with van der Waals surface area (Å²) in [6.45, 7) is 0.166. The largest absolute Gasteiger partial charge is 0.508 e. The molecule has 0 spiro atoms. The van der Waals surface area contributed by atoms with Crippen LogP contribution in [-0.2, 0) is 31.1 Å². The number of rotatable bonds is 7. The lowest BCUT2D eigenvalue weighted by Crippen LogP contribution is -2.53. The summed E-state index contributed by atoms with van der Waals surface area (Å²) in [5.41, 5.74) is 3.18. The molecule has 2 saturated heterocycles. The summed E-state index contributed by atoms with van der Waals surface area (Å²) in [4.78, 5) is 60.5. The number of benzene rings is 3. The van der Waals surface area contributed by atoms with Crippen molar-refractivity contribution >= 4 is 75.5 Å². The Hall–Kier alpha value is -4.35. The summed E-state index contributed by atoms with van der Waals surface area (Å²) in [5, 5.41) is 15.3. The summed E-state index contributed by atoms with van der Waals surface area (Å²) < 4.78 is 5.44. The number of hydrogen-bond acceptors (Lipinski definition) is 8. The molecular formula is C38H30Cl3N3O6S. The summed E-state index contributed by atoms with van der Waals surface area (Å²) in [6, 6.07) is 20.0. The number of allylic oxidation sites excluding steroid dienone is 2. The summed E-state index contributed by atoms with van der Waals surface area (Å²) in [5.74, 6) is -5.21. The highest BCUT2D eigenvalue weighted by atomic mass is 35.5. The fraction of sp³-hybridized carbons (Fsp3) is 0.263. The van der Waals surface area contributed by atoms with Gasteiger partial charge in [0, 0.05) is 26.4 Å². The van der Waals surface area contributed by atoms with E-state index in [-0.39, 0.29) is 47.7 Å². The molecule has 0 radical (unpaired) electrons. The van der Waals surface area contributed by atoms with Crippen molar-refractivity contribution < 1.29 is 29.0 Å². The fourth-order valence-electron chi connectivity index (χ4n) is 8.72. The Morgan fingerprint density at radius 3 is 2.37 bits per heavy atom. The van der Waals surface area contributed by atoms with Gasteiger partial charge in [0.05, 0.1) is 47.5 Å². The smallest absolute Gasteiger partial charge is 0.260 e. The van der Waals surface area contributed by atoms with Gasteiger partial charge in [0.25, 0.3) is 11.8 Å². The highest BCUT2D eigenvalue weighted by Crippen LogP contribution is 2.65. The first-order valence-corrected chi connectivity index (χ1v) is 18.4. The third kappa shape index (κ3) is 5.17. The first-order valence-electron chi connectivity index (χ1n) is 16.3. The Balaban J connectivity index is 1.33. The number of nitrogens with one attached hydrogen (secondary N) is 1. The Kier molecular flexibility index (Phi) is 8.41. The van der Waals surface area contributed by atoms with Crippen molar-refractivity contribution in [2.45, 2.75) is 30.7 Å². The third-order valence-electron chi connectivity index (χ3n) is 10.9. The molecule has 0 unspecified atom stereocenters. The maximum atomic E-state index is 15.3. The van der Waals surface area contributed by atoms with Crippen LogP contribution in [0.4, 0.5) is 5.69 Å². The normalized spacial score (nSPS) is 26.9. The maximum absolute atomic E-state index is 15.3. The third-order valence-corrected chi connectivity index (χ3v) is 12.5. The van der Waals surface area contributed by atoms with Crippen molar-refractivity contribution in [3.63, 3.8) is 0 Å². The monoisotopic (exact) mass is 761 g/mol. The number of phenols is 1. The Morgan fingerprint density at radius 1 is 0.922 bits per heavy atom. The number of methoxy groups -OCH3 is 1. The number of aromatic hydroxyl groups is 1. The van der Waals surface area contributed by atoms with Crippen LogP contribution in [0.3, 0.4) is 0 Å². The molecule has 0 bridgehead atoms. The Labute approximate surface area is 312 Å². The van der Waals surface area contributed by atoms with E-state index in [0.29, 0.717) is 32.5 Å². The lowest BCUT2D eigenvalue weighted by Gasteiger charge is -2.50. The van der Waals surface area contributed by atoms with Gasteiger partial charge in [-0.1, -0.05) is 64.7 Å². The number of phenolic OH excluding ortho intramolecular Hbond substituents is 1. The lowest BCUT2D eigenvalue weighted by atomic mass is 9.49. The van der Waals surface area contributed by atoms with E-state index in [1.165, 1.54) is 35.5 Å². The number of fused-ring (bicyclic) bond motifs is 4. The molecule has 9 nitrogen and oxygen atoms in total. The molecule has 2 aliphatic carbocycles. The van der Waals surface area contributed by atoms with Gasteiger partial charge in [-0.05, 0) is 84.3 Å². The second-order valence-corrected chi connectivity index (χ2v) is 15.6. The van der Waals surface area contributed by atoms with Crippen molar-refractivity contribution in [3.05, 3.63) is 121 Å². The SMILES string of the molecule is COc1ccc([C@@]23C(=O)N(Nc4ccc(Cl)cc4Cl)C(=O)[C@@H]2C[C@@H]2C(=CC[C@@H]4C(=O)N(Cc5cccs5)C(=O)[C@@H]42)[C@@H]3c2cc(Cl)ccc2O)cc1. The molecular weight excluding hydrogens is 733 g/mol. The van der Waals surface area contributed by atoms with Crippen LogP contribution in [0.5, 0.6) is 11.5 Å². The number of halogens is 3. The average Bonchev–Trinajstić information content (AvgIpc) is 3.78. The summed E-state index contributed by atoms with van der Waals surface area (Å²) in [7, 11) is 1.53. The number of thiophene rings is 1. The highest BCUT2D eigenvalue weighted by Gasteiger charge is 2.70. The van der Waals surface area contributed by atoms with Crippen molar-refractivity contribution in [2.24, 2.45) is 23.7 Å². The predicted octanol–water partition coefficient (Wildman–Crippen LogP) is 7.61. The minimum Gasteiger partial charge on any atom is -0.508 e. The number of hydrazine groups is 1. The molecule has 6 atom stereocenters. The van der Waals surface area contributed by atoms with Crippen LogP contribution in [0.1, 0.15) is 34.8 Å². The first-order chi connectivity index (χ1) is 24.5. The van der Waals surface area contributed by atoms with Crippen LogP contribution in [0, 0.1) is 23.7 Å². The van der Waals surface area contributed by atoms with Gasteiger partial charge in [0.2, 0.25) is 11.8 Å². The number of imide groups is 2. The topological polar surface area (TPSA) is 116 Å². The van der Waals surface area contributed by atoms with Crippen molar-refractivity contribution in [1.82, 2.24) is 9.91 Å². The molecule has 4 amide bonds. The molecule has 3 aromatic carbocycles. The Morgan fingerprint density at radius 2 is 1.67 bits per heavy atom. The van der Waals surface area contributed by atoms with Gasteiger partial charge in [-0.2, -0.15) is 5.01 Å². The van der Waals surface area contributed by atoms with Gasteiger partial charge in [-0.25, -0.2) is 0 Å². The number of amides is 4. The molecule has 8 rings (SSSR count). The summed E-state index contributed by atoms with van der Waals surface area (Å²) in [6.07, 6.45) is 2.29. The van der Waals surface area contributed by atoms with E-state index in [1.807, 2.05) is 23.6 Å². The lowest BCUT2D eigenvalue weighted by molar-refractivity contribution is -0.141. The van der Waals surface area contributed by atoms with E-state index in [2.05, 4.69) is 5.43 Å². The minimum atomic E-state index is -1.62. The number of nitrogens with zero attached hydrogens (tertiary/aromatic N) is 2. The van der Waals surface area contributed by atoms with E-state index in [1.54, 1.807) is 48.5 Å². The molecule has 3 heterocycles. The molecule has 260 valence electrons. The predicted molar refractivity (Wildman–Crippen MR) is 194 cm³/mol. The van der Waals surface area contributed by atoms with Gasteiger partial charge < -0.3 is 9.84 Å². The molecule has 2 N–H and O–H groups in total. The average molecular weight is 763 g/mol. The van der Waals surface area contributed by atoms with Gasteiger partial charge >= 0.3 is 0 Å². The zero-order chi connectivity index (χ0) is 35.8. The van der Waals surface area contributed by atoms with Crippen molar-refractivity contribution in [1.29, 1.82) is 0 Å². The van der Waals surface area contributed by atoms with Crippen LogP contribution in [0.15, 0.2) is 89.8 Å². The minimum absolute atomic E-state index is 0.0970. The van der Waals surface area contributed by atoms with Gasteiger partial charge in [0.1, 0.15) is 11.5 Å². The number of anilines is 1. The zero-order valence-electron chi connectivity index (χ0n) is 27.0. The quantitative estimate of drug-likeness (QED) is 0.147. The standard InChI is InChI=1S/C38H30Cl3N3O6S/c1-50-22-8-4-19(5-9-22)38-28(35(47)44(37(38)49)42-30-12-6-21(40)16-29(30)41)17-26-24(33(38)27-15-20(39)7-13-31(27)45)10-11-25-32(26)36(48)43(34(25)46)18-23-3-2-14-51-23/h2-10,12-16,25-26,28,32-33,42,45H,11,17-18H2,1H3/t25-,26+,28-,32-,33+,38+/m0/s1. The molecule has 4 aromatic rings. The number of ether oxygens (including phenoxy) is 1. The van der Waals surface area contributed by atoms with Crippen molar-refractivity contribution in [3.8, 4) is 11.5 Å². The van der Waals surface area contributed by atoms with Crippen LogP contribution in [0.25, 0.3) is 0 Å². The first kappa shape index (κ1) is 33.8. The van der Waals surface area contributed by atoms with Crippen LogP contribution in [0.2, 0.25) is 15.1 Å². The molecule has 1 saturated carbocycles.